The summed E-state index contributed by atoms with van der Waals surface area (Å²) in [6.45, 7) is 3.67. The molecule has 0 saturated heterocycles. The second kappa shape index (κ2) is 6.96. The molecule has 21 heavy (non-hydrogen) atoms. The van der Waals surface area contributed by atoms with E-state index in [-0.39, 0.29) is 5.91 Å². The van der Waals surface area contributed by atoms with Gasteiger partial charge in [0, 0.05) is 4.47 Å². The van der Waals surface area contributed by atoms with Crippen molar-refractivity contribution in [2.75, 3.05) is 5.32 Å². The van der Waals surface area contributed by atoms with Crippen molar-refractivity contribution in [1.29, 1.82) is 0 Å². The minimum Gasteiger partial charge on any atom is -0.481 e. The van der Waals surface area contributed by atoms with Crippen LogP contribution < -0.4 is 10.1 Å². The maximum atomic E-state index is 12.1. The van der Waals surface area contributed by atoms with Crippen molar-refractivity contribution in [2.24, 2.45) is 0 Å². The Labute approximate surface area is 137 Å². The van der Waals surface area contributed by atoms with Crippen LogP contribution in [-0.4, -0.2) is 12.0 Å². The summed E-state index contributed by atoms with van der Waals surface area (Å²) >= 11 is 9.39. The highest BCUT2D eigenvalue weighted by molar-refractivity contribution is 9.10. The third kappa shape index (κ3) is 4.48. The number of carbonyl (C=O) groups excluding carboxylic acids is 1. The van der Waals surface area contributed by atoms with Gasteiger partial charge < -0.3 is 10.1 Å². The van der Waals surface area contributed by atoms with E-state index >= 15 is 0 Å². The summed E-state index contributed by atoms with van der Waals surface area (Å²) < 4.78 is 6.48. The summed E-state index contributed by atoms with van der Waals surface area (Å²) in [6.07, 6.45) is -0.619. The molecule has 0 radical (unpaired) electrons. The van der Waals surface area contributed by atoms with E-state index in [1.165, 1.54) is 0 Å². The summed E-state index contributed by atoms with van der Waals surface area (Å²) in [5.74, 6) is 0.417. The Morgan fingerprint density at radius 2 is 2.05 bits per heavy atom. The quantitative estimate of drug-likeness (QED) is 0.840. The fraction of sp³-hybridized carbons (Fsp3) is 0.188. The van der Waals surface area contributed by atoms with Gasteiger partial charge in [0.2, 0.25) is 0 Å². The summed E-state index contributed by atoms with van der Waals surface area (Å²) in [4.78, 5) is 12.1. The third-order valence-electron chi connectivity index (χ3n) is 2.86. The van der Waals surface area contributed by atoms with Crippen LogP contribution in [0.25, 0.3) is 0 Å². The number of nitrogens with one attached hydrogen (secondary N) is 1. The zero-order chi connectivity index (χ0) is 15.4. The third-order valence-corrected chi connectivity index (χ3v) is 3.67. The number of benzene rings is 2. The molecule has 0 unspecified atom stereocenters. The number of ether oxygens (including phenoxy) is 1. The van der Waals surface area contributed by atoms with Crippen LogP contribution in [0.5, 0.6) is 5.75 Å². The maximum absolute atomic E-state index is 12.1. The SMILES string of the molecule is Cc1cccc(O[C@H](C)C(=O)Nc2ccc(Br)cc2Cl)c1. The van der Waals surface area contributed by atoms with Gasteiger partial charge in [-0.05, 0) is 49.7 Å². The van der Waals surface area contributed by atoms with Gasteiger partial charge in [-0.15, -0.1) is 0 Å². The van der Waals surface area contributed by atoms with Crippen molar-refractivity contribution >= 4 is 39.1 Å². The molecule has 1 atom stereocenters. The number of anilines is 1. The Kier molecular flexibility index (Phi) is 5.26. The van der Waals surface area contributed by atoms with Crippen molar-refractivity contribution in [3.63, 3.8) is 0 Å². The Hall–Kier alpha value is -1.52. The van der Waals surface area contributed by atoms with Gasteiger partial charge in [0.15, 0.2) is 6.10 Å². The second-order valence-corrected chi connectivity index (χ2v) is 6.01. The molecule has 5 heteroatoms. The molecule has 0 aromatic heterocycles. The summed E-state index contributed by atoms with van der Waals surface area (Å²) in [5, 5.41) is 3.23. The molecule has 0 bridgehead atoms. The molecule has 0 aliphatic carbocycles. The van der Waals surface area contributed by atoms with Gasteiger partial charge in [-0.25, -0.2) is 0 Å². The summed E-state index contributed by atoms with van der Waals surface area (Å²) in [7, 11) is 0. The summed E-state index contributed by atoms with van der Waals surface area (Å²) in [5.41, 5.74) is 1.64. The van der Waals surface area contributed by atoms with Crippen LogP contribution in [0.1, 0.15) is 12.5 Å². The summed E-state index contributed by atoms with van der Waals surface area (Å²) in [6, 6.07) is 12.8. The maximum Gasteiger partial charge on any atom is 0.265 e. The van der Waals surface area contributed by atoms with Crippen molar-refractivity contribution in [3.8, 4) is 5.75 Å². The van der Waals surface area contributed by atoms with E-state index in [0.717, 1.165) is 10.0 Å². The number of aryl methyl sites for hydroxylation is 1. The lowest BCUT2D eigenvalue weighted by Crippen LogP contribution is -2.30. The van der Waals surface area contributed by atoms with Gasteiger partial charge in [-0.2, -0.15) is 0 Å². The van der Waals surface area contributed by atoms with Crippen molar-refractivity contribution in [3.05, 3.63) is 57.5 Å². The van der Waals surface area contributed by atoms with Crippen LogP contribution in [-0.2, 0) is 4.79 Å². The lowest BCUT2D eigenvalue weighted by molar-refractivity contribution is -0.122. The van der Waals surface area contributed by atoms with Crippen LogP contribution in [0.4, 0.5) is 5.69 Å². The van der Waals surface area contributed by atoms with Gasteiger partial charge >= 0.3 is 0 Å². The van der Waals surface area contributed by atoms with E-state index in [4.69, 9.17) is 16.3 Å². The van der Waals surface area contributed by atoms with Gasteiger partial charge in [0.25, 0.3) is 5.91 Å². The van der Waals surface area contributed by atoms with Gasteiger partial charge in [0.1, 0.15) is 5.75 Å². The van der Waals surface area contributed by atoms with E-state index in [1.54, 1.807) is 19.1 Å². The minimum absolute atomic E-state index is 0.249. The first-order valence-corrected chi connectivity index (χ1v) is 7.62. The standard InChI is InChI=1S/C16H15BrClNO2/c1-10-4-3-5-13(8-10)21-11(2)16(20)19-15-7-6-12(17)9-14(15)18/h3-9,11H,1-2H3,(H,19,20)/t11-/m1/s1. The smallest absolute Gasteiger partial charge is 0.265 e. The molecule has 2 aromatic carbocycles. The molecular formula is C16H15BrClNO2. The highest BCUT2D eigenvalue weighted by Gasteiger charge is 2.16. The molecule has 0 aliphatic heterocycles. The normalized spacial score (nSPS) is 11.8. The van der Waals surface area contributed by atoms with Gasteiger partial charge in [-0.3, -0.25) is 4.79 Å². The van der Waals surface area contributed by atoms with Crippen molar-refractivity contribution < 1.29 is 9.53 Å². The van der Waals surface area contributed by atoms with Crippen LogP contribution in [0, 0.1) is 6.92 Å². The number of amides is 1. The van der Waals surface area contributed by atoms with Crippen LogP contribution in [0.2, 0.25) is 5.02 Å². The van der Waals surface area contributed by atoms with E-state index in [9.17, 15) is 4.79 Å². The highest BCUT2D eigenvalue weighted by Crippen LogP contribution is 2.26. The lowest BCUT2D eigenvalue weighted by Gasteiger charge is -2.15. The second-order valence-electron chi connectivity index (χ2n) is 4.69. The largest absolute Gasteiger partial charge is 0.481 e. The molecule has 3 nitrogen and oxygen atoms in total. The predicted octanol–water partition coefficient (Wildman–Crippen LogP) is 4.82. The molecule has 0 saturated carbocycles. The van der Waals surface area contributed by atoms with Crippen LogP contribution in [0.3, 0.4) is 0 Å². The molecule has 1 amide bonds. The van der Waals surface area contributed by atoms with Crippen molar-refractivity contribution in [2.45, 2.75) is 20.0 Å². The molecule has 1 N–H and O–H groups in total. The fourth-order valence-corrected chi connectivity index (χ4v) is 2.49. The average Bonchev–Trinajstić information content (AvgIpc) is 2.41. The molecular weight excluding hydrogens is 354 g/mol. The molecule has 0 spiro atoms. The van der Waals surface area contributed by atoms with Crippen LogP contribution >= 0.6 is 27.5 Å². The van der Waals surface area contributed by atoms with E-state index in [2.05, 4.69) is 21.2 Å². The van der Waals surface area contributed by atoms with Crippen molar-refractivity contribution in [1.82, 2.24) is 0 Å². The van der Waals surface area contributed by atoms with E-state index in [1.807, 2.05) is 37.3 Å². The Balaban J connectivity index is 2.02. The number of hydrogen-bond acceptors (Lipinski definition) is 2. The van der Waals surface area contributed by atoms with Gasteiger partial charge in [-0.1, -0.05) is 39.7 Å². The molecule has 110 valence electrons. The Morgan fingerprint density at radius 3 is 2.71 bits per heavy atom. The first kappa shape index (κ1) is 15.9. The lowest BCUT2D eigenvalue weighted by atomic mass is 10.2. The van der Waals surface area contributed by atoms with Crippen LogP contribution in [0.15, 0.2) is 46.9 Å². The molecule has 2 aromatic rings. The van der Waals surface area contributed by atoms with Gasteiger partial charge in [0.05, 0.1) is 10.7 Å². The molecule has 2 rings (SSSR count). The monoisotopic (exact) mass is 367 g/mol. The van der Waals surface area contributed by atoms with E-state index in [0.29, 0.717) is 16.5 Å². The topological polar surface area (TPSA) is 38.3 Å². The zero-order valence-electron chi connectivity index (χ0n) is 11.7. The molecule has 0 fully saturated rings. The first-order chi connectivity index (χ1) is 9.95. The fourth-order valence-electron chi connectivity index (χ4n) is 1.77. The van der Waals surface area contributed by atoms with E-state index < -0.39 is 6.10 Å². The Morgan fingerprint density at radius 1 is 1.29 bits per heavy atom. The molecule has 0 heterocycles. The average molecular weight is 369 g/mol. The number of rotatable bonds is 4. The Bertz CT molecular complexity index is 660. The minimum atomic E-state index is -0.619. The first-order valence-electron chi connectivity index (χ1n) is 6.45. The number of halogens is 2. The number of carbonyl (C=O) groups is 1. The molecule has 0 aliphatic rings. The zero-order valence-corrected chi connectivity index (χ0v) is 14.0. The number of hydrogen-bond donors (Lipinski definition) is 1. The predicted molar refractivity (Wildman–Crippen MR) is 89.1 cm³/mol. The highest BCUT2D eigenvalue weighted by atomic mass is 79.9.